The van der Waals surface area contributed by atoms with E-state index in [1.54, 1.807) is 36.5 Å². The van der Waals surface area contributed by atoms with E-state index < -0.39 is 11.8 Å². The minimum atomic E-state index is -0.551. The van der Waals surface area contributed by atoms with Gasteiger partial charge in [-0.2, -0.15) is 0 Å². The number of hydrogen-bond donors (Lipinski definition) is 1. The fourth-order valence-electron chi connectivity index (χ4n) is 3.42. The van der Waals surface area contributed by atoms with Gasteiger partial charge in [0.1, 0.15) is 5.82 Å². The monoisotopic (exact) mass is 432 g/mol. The van der Waals surface area contributed by atoms with Gasteiger partial charge in [0, 0.05) is 37.1 Å². The van der Waals surface area contributed by atoms with Gasteiger partial charge in [-0.3, -0.25) is 19.4 Å². The normalized spacial score (nSPS) is 13.9. The van der Waals surface area contributed by atoms with Crippen molar-refractivity contribution in [3.8, 4) is 0 Å². The molecule has 1 aliphatic heterocycles. The summed E-state index contributed by atoms with van der Waals surface area (Å²) in [7, 11) is 0. The Hall–Kier alpha value is -4.07. The predicted molar refractivity (Wildman–Crippen MR) is 116 cm³/mol. The van der Waals surface area contributed by atoms with Gasteiger partial charge in [-0.05, 0) is 54.1 Å². The van der Waals surface area contributed by atoms with E-state index in [-0.39, 0.29) is 18.3 Å². The molecule has 0 unspecified atom stereocenters. The fraction of sp³-hybridized carbons (Fsp3) is 0.167. The summed E-state index contributed by atoms with van der Waals surface area (Å²) in [5.41, 5.74) is 2.47. The van der Waals surface area contributed by atoms with Gasteiger partial charge in [0.05, 0.1) is 12.2 Å². The van der Waals surface area contributed by atoms with Crippen LogP contribution < -0.4 is 5.32 Å². The number of nitrogens with zero attached hydrogens (tertiary/aromatic N) is 3. The Morgan fingerprint density at radius 1 is 0.875 bits per heavy atom. The molecular weight excluding hydrogens is 411 g/mol. The Morgan fingerprint density at radius 3 is 2.16 bits per heavy atom. The van der Waals surface area contributed by atoms with Crippen LogP contribution in [-0.4, -0.2) is 45.6 Å². The maximum atomic E-state index is 13.0. The number of amides is 3. The molecule has 7 nitrogen and oxygen atoms in total. The smallest absolute Gasteiger partial charge is 0.312 e. The van der Waals surface area contributed by atoms with Gasteiger partial charge in [-0.25, -0.2) is 4.39 Å². The number of pyridine rings is 1. The van der Waals surface area contributed by atoms with E-state index in [4.69, 9.17) is 0 Å². The van der Waals surface area contributed by atoms with Gasteiger partial charge in [0.2, 0.25) is 0 Å². The third-order valence-corrected chi connectivity index (χ3v) is 5.17. The molecule has 1 saturated heterocycles. The molecule has 32 heavy (non-hydrogen) atoms. The number of rotatable bonds is 6. The number of halogens is 1. The Morgan fingerprint density at radius 2 is 1.53 bits per heavy atom. The molecule has 1 N–H and O–H groups in total. The molecule has 0 aliphatic carbocycles. The van der Waals surface area contributed by atoms with Crippen LogP contribution in [0.25, 0.3) is 0 Å². The second-order valence-electron chi connectivity index (χ2n) is 7.43. The number of anilines is 1. The number of carbonyl (C=O) groups is 3. The standard InChI is InChI=1S/C24H21FN4O3/c25-19-8-10-20(11-9-19)27-22(30)18-6-4-17(5-7-18)15-28-13-14-29(24(32)23(28)31)16-21-3-1-2-12-26-21/h1-12H,13-16H2,(H,27,30). The first-order chi connectivity index (χ1) is 15.5. The van der Waals surface area contributed by atoms with Gasteiger partial charge < -0.3 is 15.1 Å². The summed E-state index contributed by atoms with van der Waals surface area (Å²) in [4.78, 5) is 44.6. The van der Waals surface area contributed by atoms with Gasteiger partial charge in [-0.15, -0.1) is 0 Å². The number of nitrogens with one attached hydrogen (secondary N) is 1. The number of aromatic nitrogens is 1. The molecule has 4 rings (SSSR count). The number of carbonyl (C=O) groups excluding carboxylic acids is 3. The fourth-order valence-corrected chi connectivity index (χ4v) is 3.42. The van der Waals surface area contributed by atoms with Crippen molar-refractivity contribution in [1.29, 1.82) is 0 Å². The summed E-state index contributed by atoms with van der Waals surface area (Å²) in [5.74, 6) is -1.79. The van der Waals surface area contributed by atoms with Crippen LogP contribution >= 0.6 is 0 Å². The van der Waals surface area contributed by atoms with E-state index in [2.05, 4.69) is 10.3 Å². The first kappa shape index (κ1) is 21.2. The molecule has 0 bridgehead atoms. The topological polar surface area (TPSA) is 82.6 Å². The third kappa shape index (κ3) is 4.97. The molecule has 2 heterocycles. The predicted octanol–water partition coefficient (Wildman–Crippen LogP) is 2.84. The lowest BCUT2D eigenvalue weighted by molar-refractivity contribution is -0.156. The molecule has 1 aliphatic rings. The molecule has 2 aromatic carbocycles. The molecule has 8 heteroatoms. The molecule has 3 aromatic rings. The van der Waals surface area contributed by atoms with Gasteiger partial charge in [0.25, 0.3) is 5.91 Å². The summed E-state index contributed by atoms with van der Waals surface area (Å²) in [5, 5.41) is 2.70. The minimum Gasteiger partial charge on any atom is -0.328 e. The molecule has 0 spiro atoms. The molecule has 1 fully saturated rings. The Kier molecular flexibility index (Phi) is 6.21. The van der Waals surface area contributed by atoms with Crippen molar-refractivity contribution >= 4 is 23.4 Å². The highest BCUT2D eigenvalue weighted by molar-refractivity contribution is 6.35. The van der Waals surface area contributed by atoms with Crippen LogP contribution in [0.5, 0.6) is 0 Å². The highest BCUT2D eigenvalue weighted by atomic mass is 19.1. The lowest BCUT2D eigenvalue weighted by Gasteiger charge is -2.33. The van der Waals surface area contributed by atoms with Crippen LogP contribution in [0.15, 0.2) is 72.9 Å². The number of hydrogen-bond acceptors (Lipinski definition) is 4. The first-order valence-electron chi connectivity index (χ1n) is 10.1. The van der Waals surface area contributed by atoms with E-state index in [9.17, 15) is 18.8 Å². The van der Waals surface area contributed by atoms with Crippen molar-refractivity contribution in [1.82, 2.24) is 14.8 Å². The van der Waals surface area contributed by atoms with Crippen LogP contribution in [0.4, 0.5) is 10.1 Å². The van der Waals surface area contributed by atoms with Gasteiger partial charge in [0.15, 0.2) is 0 Å². The molecule has 0 radical (unpaired) electrons. The highest BCUT2D eigenvalue weighted by Crippen LogP contribution is 2.15. The average Bonchev–Trinajstić information content (AvgIpc) is 2.81. The second kappa shape index (κ2) is 9.38. The minimum absolute atomic E-state index is 0.280. The Balaban J connectivity index is 1.34. The molecule has 3 amide bonds. The summed E-state index contributed by atoms with van der Waals surface area (Å²) >= 11 is 0. The maximum absolute atomic E-state index is 13.0. The van der Waals surface area contributed by atoms with E-state index in [0.717, 1.165) is 11.3 Å². The Labute approximate surface area is 184 Å². The zero-order valence-electron chi connectivity index (χ0n) is 17.2. The van der Waals surface area contributed by atoms with Crippen molar-refractivity contribution < 1.29 is 18.8 Å². The highest BCUT2D eigenvalue weighted by Gasteiger charge is 2.32. The van der Waals surface area contributed by atoms with E-state index in [1.807, 2.05) is 12.1 Å². The molecule has 0 saturated carbocycles. The number of benzene rings is 2. The first-order valence-corrected chi connectivity index (χ1v) is 10.1. The lowest BCUT2D eigenvalue weighted by atomic mass is 10.1. The zero-order chi connectivity index (χ0) is 22.5. The summed E-state index contributed by atoms with van der Waals surface area (Å²) in [6.45, 7) is 1.43. The van der Waals surface area contributed by atoms with Crippen molar-refractivity contribution in [2.75, 3.05) is 18.4 Å². The third-order valence-electron chi connectivity index (χ3n) is 5.17. The van der Waals surface area contributed by atoms with Crippen LogP contribution in [0.1, 0.15) is 21.6 Å². The SMILES string of the molecule is O=C(Nc1ccc(F)cc1)c1ccc(CN2CCN(Cc3ccccn3)C(=O)C2=O)cc1. The van der Waals surface area contributed by atoms with Crippen molar-refractivity contribution in [2.45, 2.75) is 13.1 Å². The van der Waals surface area contributed by atoms with Crippen LogP contribution in [0.3, 0.4) is 0 Å². The van der Waals surface area contributed by atoms with Crippen molar-refractivity contribution in [2.24, 2.45) is 0 Å². The molecule has 0 atom stereocenters. The summed E-state index contributed by atoms with van der Waals surface area (Å²) < 4.78 is 13.0. The number of piperazine rings is 1. The van der Waals surface area contributed by atoms with E-state index in [1.165, 1.54) is 34.1 Å². The largest absolute Gasteiger partial charge is 0.328 e. The maximum Gasteiger partial charge on any atom is 0.312 e. The Bertz CT molecular complexity index is 1120. The van der Waals surface area contributed by atoms with Crippen molar-refractivity contribution in [3.05, 3.63) is 95.6 Å². The molecule has 1 aromatic heterocycles. The molecule has 162 valence electrons. The van der Waals surface area contributed by atoms with Crippen LogP contribution in [-0.2, 0) is 22.7 Å². The quantitative estimate of drug-likeness (QED) is 0.608. The average molecular weight is 432 g/mol. The summed E-state index contributed by atoms with van der Waals surface area (Å²) in [6.07, 6.45) is 1.65. The second-order valence-corrected chi connectivity index (χ2v) is 7.43. The van der Waals surface area contributed by atoms with Crippen molar-refractivity contribution in [3.63, 3.8) is 0 Å². The van der Waals surface area contributed by atoms with Gasteiger partial charge >= 0.3 is 11.8 Å². The van der Waals surface area contributed by atoms with Crippen LogP contribution in [0.2, 0.25) is 0 Å². The van der Waals surface area contributed by atoms with E-state index in [0.29, 0.717) is 30.9 Å². The molecular formula is C24H21FN4O3. The zero-order valence-corrected chi connectivity index (χ0v) is 17.2. The summed E-state index contributed by atoms with van der Waals surface area (Å²) in [6, 6.07) is 17.8. The lowest BCUT2D eigenvalue weighted by Crippen LogP contribution is -2.53. The van der Waals surface area contributed by atoms with Crippen LogP contribution in [0, 0.1) is 5.82 Å². The van der Waals surface area contributed by atoms with Gasteiger partial charge in [-0.1, -0.05) is 18.2 Å². The van der Waals surface area contributed by atoms with E-state index >= 15 is 0 Å².